The van der Waals surface area contributed by atoms with E-state index in [0.717, 1.165) is 4.68 Å². The third kappa shape index (κ3) is 2.14. The molecule has 0 spiro atoms. The maximum absolute atomic E-state index is 12.3. The average Bonchev–Trinajstić information content (AvgIpc) is 2.91. The van der Waals surface area contributed by atoms with Gasteiger partial charge in [0.05, 0.1) is 6.20 Å². The van der Waals surface area contributed by atoms with E-state index in [1.165, 1.54) is 24.1 Å². The van der Waals surface area contributed by atoms with Crippen LogP contribution in [0.1, 0.15) is 10.4 Å². The van der Waals surface area contributed by atoms with Crippen LogP contribution < -0.4 is 10.9 Å². The van der Waals surface area contributed by atoms with E-state index >= 15 is 0 Å². The van der Waals surface area contributed by atoms with Gasteiger partial charge in [-0.1, -0.05) is 0 Å². The number of carbonyl (C=O) groups excluding carboxylic acids is 1. The summed E-state index contributed by atoms with van der Waals surface area (Å²) < 4.78 is 2.29. The molecule has 0 saturated carbocycles. The first kappa shape index (κ1) is 14.4. The molecule has 3 rings (SSSR count). The van der Waals surface area contributed by atoms with E-state index in [-0.39, 0.29) is 11.3 Å². The monoisotopic (exact) mass is 318 g/mol. The van der Waals surface area contributed by atoms with Gasteiger partial charge in [0.2, 0.25) is 0 Å². The fraction of sp³-hybridized carbons (Fsp3) is 0.167. The number of aryl methyl sites for hydroxylation is 1. The maximum Gasteiger partial charge on any atom is 0.322 e. The van der Waals surface area contributed by atoms with Crippen LogP contribution in [-0.4, -0.2) is 52.8 Å². The molecule has 3 N–H and O–H groups in total. The molecule has 3 aromatic heterocycles. The van der Waals surface area contributed by atoms with E-state index in [4.69, 9.17) is 5.11 Å². The second-order valence-electron chi connectivity index (χ2n) is 4.61. The molecule has 11 heteroatoms. The van der Waals surface area contributed by atoms with Crippen molar-refractivity contribution in [2.45, 2.75) is 0 Å². The number of rotatable bonds is 3. The smallest absolute Gasteiger partial charge is 0.322 e. The number of aromatic hydroxyl groups is 1. The number of nitrogens with one attached hydrogen (secondary N) is 1. The van der Waals surface area contributed by atoms with Gasteiger partial charge in [-0.2, -0.15) is 0 Å². The van der Waals surface area contributed by atoms with Crippen LogP contribution in [0.15, 0.2) is 17.3 Å². The summed E-state index contributed by atoms with van der Waals surface area (Å²) >= 11 is 0. The highest BCUT2D eigenvalue weighted by atomic mass is 16.4. The molecule has 3 heterocycles. The SMILES string of the molecule is Cn1c(=O)c(C(=O)NCC(=O)O)c(O)c2nc3cncnc3n21. The number of aromatic nitrogens is 5. The first-order valence-corrected chi connectivity index (χ1v) is 6.32. The Kier molecular flexibility index (Phi) is 3.17. The number of hydrogen-bond acceptors (Lipinski definition) is 7. The number of hydrogen-bond donors (Lipinski definition) is 3. The van der Waals surface area contributed by atoms with Crippen molar-refractivity contribution in [3.63, 3.8) is 0 Å². The fourth-order valence-electron chi connectivity index (χ4n) is 2.17. The second-order valence-corrected chi connectivity index (χ2v) is 4.61. The van der Waals surface area contributed by atoms with Crippen molar-refractivity contribution < 1.29 is 19.8 Å². The highest BCUT2D eigenvalue weighted by Gasteiger charge is 2.24. The summed E-state index contributed by atoms with van der Waals surface area (Å²) in [5.74, 6) is -2.95. The lowest BCUT2D eigenvalue weighted by atomic mass is 10.2. The van der Waals surface area contributed by atoms with Gasteiger partial charge in [-0.25, -0.2) is 24.1 Å². The Morgan fingerprint density at radius 2 is 2.09 bits per heavy atom. The van der Waals surface area contributed by atoms with Gasteiger partial charge in [0.15, 0.2) is 22.6 Å². The molecule has 0 fully saturated rings. The van der Waals surface area contributed by atoms with E-state index in [2.05, 4.69) is 15.0 Å². The molecule has 118 valence electrons. The minimum Gasteiger partial charge on any atom is -0.504 e. The van der Waals surface area contributed by atoms with Crippen LogP contribution in [0.25, 0.3) is 16.8 Å². The molecule has 0 aliphatic rings. The van der Waals surface area contributed by atoms with Crippen LogP contribution in [0, 0.1) is 0 Å². The Morgan fingerprint density at radius 1 is 1.35 bits per heavy atom. The molecule has 0 bridgehead atoms. The van der Waals surface area contributed by atoms with Crippen molar-refractivity contribution in [3.05, 3.63) is 28.4 Å². The third-order valence-electron chi connectivity index (χ3n) is 3.18. The summed E-state index contributed by atoms with van der Waals surface area (Å²) in [4.78, 5) is 46.7. The van der Waals surface area contributed by atoms with Gasteiger partial charge in [0.1, 0.15) is 18.4 Å². The Morgan fingerprint density at radius 3 is 2.78 bits per heavy atom. The standard InChI is InChI=1S/C12H10N6O5/c1-17-12(23)7(11(22)14-3-6(19)20)8(21)10-16-5-2-13-4-15-9(5)18(10)17/h2,4,21H,3H2,1H3,(H,14,22)(H,19,20). The number of fused-ring (bicyclic) bond motifs is 3. The Bertz CT molecular complexity index is 1020. The van der Waals surface area contributed by atoms with Crippen molar-refractivity contribution in [3.8, 4) is 5.75 Å². The number of nitrogens with zero attached hydrogens (tertiary/aromatic N) is 5. The van der Waals surface area contributed by atoms with E-state index in [1.807, 2.05) is 5.32 Å². The number of carboxylic acids is 1. The molecular formula is C12H10N6O5. The Balaban J connectivity index is 2.29. The minimum absolute atomic E-state index is 0.0666. The van der Waals surface area contributed by atoms with Crippen LogP contribution in [0.5, 0.6) is 5.75 Å². The lowest BCUT2D eigenvalue weighted by molar-refractivity contribution is -0.135. The van der Waals surface area contributed by atoms with Gasteiger partial charge in [0.25, 0.3) is 11.5 Å². The zero-order chi connectivity index (χ0) is 16.7. The molecule has 0 atom stereocenters. The largest absolute Gasteiger partial charge is 0.504 e. The summed E-state index contributed by atoms with van der Waals surface area (Å²) in [5.41, 5.74) is -0.883. The average molecular weight is 318 g/mol. The minimum atomic E-state index is -1.28. The van der Waals surface area contributed by atoms with Gasteiger partial charge in [-0.3, -0.25) is 14.4 Å². The highest BCUT2D eigenvalue weighted by molar-refractivity contribution is 6.00. The highest BCUT2D eigenvalue weighted by Crippen LogP contribution is 2.23. The van der Waals surface area contributed by atoms with Crippen molar-refractivity contribution in [1.82, 2.24) is 29.5 Å². The number of carbonyl (C=O) groups is 2. The zero-order valence-corrected chi connectivity index (χ0v) is 11.7. The van der Waals surface area contributed by atoms with Crippen molar-refractivity contribution >= 4 is 28.7 Å². The maximum atomic E-state index is 12.3. The first-order valence-electron chi connectivity index (χ1n) is 6.32. The Hall–Kier alpha value is -3.50. The van der Waals surface area contributed by atoms with Crippen LogP contribution >= 0.6 is 0 Å². The Labute approximate surface area is 126 Å². The molecule has 0 aliphatic carbocycles. The van der Waals surface area contributed by atoms with Gasteiger partial charge >= 0.3 is 5.97 Å². The summed E-state index contributed by atoms with van der Waals surface area (Å²) in [6, 6.07) is 0. The van der Waals surface area contributed by atoms with Gasteiger partial charge in [-0.15, -0.1) is 0 Å². The fourth-order valence-corrected chi connectivity index (χ4v) is 2.17. The third-order valence-corrected chi connectivity index (χ3v) is 3.18. The molecule has 11 nitrogen and oxygen atoms in total. The second kappa shape index (κ2) is 5.05. The molecule has 0 unspecified atom stereocenters. The molecule has 0 aliphatic heterocycles. The van der Waals surface area contributed by atoms with Crippen molar-refractivity contribution in [2.75, 3.05) is 6.54 Å². The topological polar surface area (TPSA) is 152 Å². The van der Waals surface area contributed by atoms with Crippen LogP contribution in [0.2, 0.25) is 0 Å². The van der Waals surface area contributed by atoms with Crippen molar-refractivity contribution in [2.24, 2.45) is 7.05 Å². The lowest BCUT2D eigenvalue weighted by Crippen LogP contribution is -2.36. The predicted molar refractivity (Wildman–Crippen MR) is 75.2 cm³/mol. The first-order chi connectivity index (χ1) is 10.9. The molecule has 23 heavy (non-hydrogen) atoms. The molecule has 0 saturated heterocycles. The lowest BCUT2D eigenvalue weighted by Gasteiger charge is -2.09. The summed E-state index contributed by atoms with van der Waals surface area (Å²) in [7, 11) is 1.37. The quantitative estimate of drug-likeness (QED) is 0.527. The molecule has 0 radical (unpaired) electrons. The van der Waals surface area contributed by atoms with Crippen LogP contribution in [-0.2, 0) is 11.8 Å². The van der Waals surface area contributed by atoms with Crippen LogP contribution in [0.4, 0.5) is 0 Å². The van der Waals surface area contributed by atoms with Crippen LogP contribution in [0.3, 0.4) is 0 Å². The van der Waals surface area contributed by atoms with E-state index in [0.29, 0.717) is 5.52 Å². The van der Waals surface area contributed by atoms with Crippen molar-refractivity contribution in [1.29, 1.82) is 0 Å². The molecule has 1 amide bonds. The van der Waals surface area contributed by atoms with Gasteiger partial charge < -0.3 is 15.5 Å². The van der Waals surface area contributed by atoms with E-state index in [1.54, 1.807) is 0 Å². The summed E-state index contributed by atoms with van der Waals surface area (Å²) in [6.07, 6.45) is 2.65. The molecule has 3 aromatic rings. The van der Waals surface area contributed by atoms with E-state index < -0.39 is 35.3 Å². The number of carboxylic acid groups (broad SMARTS) is 1. The predicted octanol–water partition coefficient (Wildman–Crippen LogP) is -1.50. The number of amides is 1. The number of aliphatic carboxylic acids is 1. The summed E-state index contributed by atoms with van der Waals surface area (Å²) in [5, 5.41) is 20.8. The van der Waals surface area contributed by atoms with E-state index in [9.17, 15) is 19.5 Å². The number of imidazole rings is 1. The molecule has 0 aromatic carbocycles. The van der Waals surface area contributed by atoms with Gasteiger partial charge in [-0.05, 0) is 0 Å². The molecular weight excluding hydrogens is 308 g/mol. The summed E-state index contributed by atoms with van der Waals surface area (Å²) in [6.45, 7) is -0.686. The van der Waals surface area contributed by atoms with Gasteiger partial charge in [0, 0.05) is 7.05 Å². The zero-order valence-electron chi connectivity index (χ0n) is 11.7. The normalized spacial score (nSPS) is 11.0.